The van der Waals surface area contributed by atoms with Crippen LogP contribution in [0.2, 0.25) is 0 Å². The van der Waals surface area contributed by atoms with Crippen LogP contribution in [0.25, 0.3) is 0 Å². The predicted molar refractivity (Wildman–Crippen MR) is 46.9 cm³/mol. The molecule has 0 amide bonds. The van der Waals surface area contributed by atoms with E-state index in [4.69, 9.17) is 9.47 Å². The molecule has 0 aromatic rings. The zero-order chi connectivity index (χ0) is 9.56. The van der Waals surface area contributed by atoms with E-state index in [9.17, 15) is 4.79 Å². The van der Waals surface area contributed by atoms with Crippen molar-refractivity contribution in [1.82, 2.24) is 0 Å². The van der Waals surface area contributed by atoms with E-state index in [0.717, 1.165) is 6.42 Å². The molecule has 3 heteroatoms. The van der Waals surface area contributed by atoms with Crippen molar-refractivity contribution in [2.24, 2.45) is 5.92 Å². The quantitative estimate of drug-likeness (QED) is 0.574. The number of hydrogen-bond acceptors (Lipinski definition) is 3. The first kappa shape index (κ1) is 11.6. The highest BCUT2D eigenvalue weighted by molar-refractivity contribution is 5.81. The Kier molecular flexibility index (Phi) is 5.93. The topological polar surface area (TPSA) is 35.5 Å². The summed E-state index contributed by atoms with van der Waals surface area (Å²) in [6.07, 6.45) is 0.746. The first-order chi connectivity index (χ1) is 5.61. The molecule has 0 bridgehead atoms. The average molecular weight is 174 g/mol. The van der Waals surface area contributed by atoms with Gasteiger partial charge < -0.3 is 9.47 Å². The van der Waals surface area contributed by atoms with Crippen LogP contribution < -0.4 is 0 Å². The molecule has 0 aromatic carbocycles. The first-order valence-electron chi connectivity index (χ1n) is 4.20. The van der Waals surface area contributed by atoms with Gasteiger partial charge in [0.15, 0.2) is 5.78 Å². The van der Waals surface area contributed by atoms with Crippen molar-refractivity contribution in [3.8, 4) is 0 Å². The van der Waals surface area contributed by atoms with Crippen LogP contribution in [0.1, 0.15) is 26.7 Å². The van der Waals surface area contributed by atoms with Gasteiger partial charge in [-0.3, -0.25) is 4.79 Å². The molecule has 0 unspecified atom stereocenters. The number of ketones is 1. The van der Waals surface area contributed by atoms with Crippen LogP contribution in [0.5, 0.6) is 0 Å². The number of rotatable bonds is 6. The van der Waals surface area contributed by atoms with E-state index in [2.05, 4.69) is 13.8 Å². The smallest absolute Gasteiger partial charge is 0.217 e. The molecule has 12 heavy (non-hydrogen) atoms. The molecule has 0 fully saturated rings. The van der Waals surface area contributed by atoms with Gasteiger partial charge in [0, 0.05) is 20.6 Å². The van der Waals surface area contributed by atoms with Crippen LogP contribution >= 0.6 is 0 Å². The third-order valence-corrected chi connectivity index (χ3v) is 1.66. The fourth-order valence-electron chi connectivity index (χ4n) is 0.908. The summed E-state index contributed by atoms with van der Waals surface area (Å²) in [5, 5.41) is 0. The Bertz CT molecular complexity index is 128. The molecular formula is C9H18O3. The summed E-state index contributed by atoms with van der Waals surface area (Å²) in [6.45, 7) is 4.17. The van der Waals surface area contributed by atoms with Crippen LogP contribution in [0.15, 0.2) is 0 Å². The summed E-state index contributed by atoms with van der Waals surface area (Å²) in [7, 11) is 2.95. The third kappa shape index (κ3) is 4.46. The standard InChI is InChI=1S/C9H18O3/c1-7(2)5-6-8(10)9(11-3)12-4/h7,9H,5-6H2,1-4H3. The first-order valence-corrected chi connectivity index (χ1v) is 4.20. The summed E-state index contributed by atoms with van der Waals surface area (Å²) >= 11 is 0. The molecule has 0 heterocycles. The van der Waals surface area contributed by atoms with E-state index >= 15 is 0 Å². The maximum atomic E-state index is 11.3. The molecule has 0 N–H and O–H groups in total. The Morgan fingerprint density at radius 1 is 1.25 bits per heavy atom. The Balaban J connectivity index is 3.69. The van der Waals surface area contributed by atoms with E-state index in [1.807, 2.05) is 0 Å². The number of carbonyl (C=O) groups is 1. The van der Waals surface area contributed by atoms with Gasteiger partial charge in [-0.2, -0.15) is 0 Å². The van der Waals surface area contributed by atoms with Gasteiger partial charge in [-0.1, -0.05) is 13.8 Å². The number of carbonyl (C=O) groups excluding carboxylic acids is 1. The molecule has 0 aliphatic rings. The third-order valence-electron chi connectivity index (χ3n) is 1.66. The van der Waals surface area contributed by atoms with Crippen molar-refractivity contribution in [3.63, 3.8) is 0 Å². The lowest BCUT2D eigenvalue weighted by Crippen LogP contribution is -2.24. The summed E-state index contributed by atoms with van der Waals surface area (Å²) in [5.41, 5.74) is 0. The second-order valence-electron chi connectivity index (χ2n) is 3.20. The van der Waals surface area contributed by atoms with Crippen LogP contribution in [0, 0.1) is 5.92 Å². The van der Waals surface area contributed by atoms with Gasteiger partial charge in [0.25, 0.3) is 0 Å². The van der Waals surface area contributed by atoms with E-state index in [1.54, 1.807) is 0 Å². The lowest BCUT2D eigenvalue weighted by Gasteiger charge is -2.12. The minimum absolute atomic E-state index is 0.0219. The molecule has 0 aromatic heterocycles. The number of hydrogen-bond donors (Lipinski definition) is 0. The fourth-order valence-corrected chi connectivity index (χ4v) is 0.908. The van der Waals surface area contributed by atoms with Gasteiger partial charge in [-0.25, -0.2) is 0 Å². The predicted octanol–water partition coefficient (Wildman–Crippen LogP) is 1.61. The Morgan fingerprint density at radius 3 is 2.08 bits per heavy atom. The van der Waals surface area contributed by atoms with Crippen LogP contribution in [-0.4, -0.2) is 26.3 Å². The second kappa shape index (κ2) is 6.14. The molecule has 0 spiro atoms. The highest BCUT2D eigenvalue weighted by atomic mass is 16.7. The van der Waals surface area contributed by atoms with Gasteiger partial charge >= 0.3 is 0 Å². The number of methoxy groups -OCH3 is 2. The van der Waals surface area contributed by atoms with Crippen molar-refractivity contribution < 1.29 is 14.3 Å². The van der Waals surface area contributed by atoms with E-state index in [1.165, 1.54) is 14.2 Å². The molecule has 0 radical (unpaired) electrons. The van der Waals surface area contributed by atoms with Gasteiger partial charge in [0.1, 0.15) is 0 Å². The van der Waals surface area contributed by atoms with Crippen LogP contribution in [-0.2, 0) is 14.3 Å². The van der Waals surface area contributed by atoms with Crippen LogP contribution in [0.4, 0.5) is 0 Å². The average Bonchev–Trinajstić information content (AvgIpc) is 2.03. The molecule has 0 atom stereocenters. The van der Waals surface area contributed by atoms with Gasteiger partial charge in [0.2, 0.25) is 6.29 Å². The molecule has 3 nitrogen and oxygen atoms in total. The van der Waals surface area contributed by atoms with E-state index < -0.39 is 6.29 Å². The van der Waals surface area contributed by atoms with Crippen LogP contribution in [0.3, 0.4) is 0 Å². The van der Waals surface area contributed by atoms with E-state index in [0.29, 0.717) is 12.3 Å². The molecule has 72 valence electrons. The normalized spacial score (nSPS) is 11.2. The highest BCUT2D eigenvalue weighted by Gasteiger charge is 2.16. The van der Waals surface area contributed by atoms with Gasteiger partial charge in [0.05, 0.1) is 0 Å². The van der Waals surface area contributed by atoms with Crippen molar-refractivity contribution in [3.05, 3.63) is 0 Å². The molecule has 0 saturated carbocycles. The van der Waals surface area contributed by atoms with Gasteiger partial charge in [-0.05, 0) is 12.3 Å². The van der Waals surface area contributed by atoms with Gasteiger partial charge in [-0.15, -0.1) is 0 Å². The lowest BCUT2D eigenvalue weighted by molar-refractivity contribution is -0.156. The maximum absolute atomic E-state index is 11.3. The second-order valence-corrected chi connectivity index (χ2v) is 3.20. The molecular weight excluding hydrogens is 156 g/mol. The molecule has 0 aliphatic heterocycles. The Hall–Kier alpha value is -0.410. The molecule has 0 aliphatic carbocycles. The maximum Gasteiger partial charge on any atom is 0.217 e. The number of ether oxygens (including phenoxy) is 2. The zero-order valence-electron chi connectivity index (χ0n) is 8.29. The molecule has 0 rings (SSSR count). The highest BCUT2D eigenvalue weighted by Crippen LogP contribution is 2.07. The lowest BCUT2D eigenvalue weighted by atomic mass is 10.1. The van der Waals surface area contributed by atoms with Crippen molar-refractivity contribution in [1.29, 1.82) is 0 Å². The minimum Gasteiger partial charge on any atom is -0.349 e. The summed E-state index contributed by atoms with van der Waals surface area (Å²) in [4.78, 5) is 11.3. The molecule has 0 saturated heterocycles. The van der Waals surface area contributed by atoms with Crippen molar-refractivity contribution >= 4 is 5.78 Å². The largest absolute Gasteiger partial charge is 0.349 e. The SMILES string of the molecule is COC(OC)C(=O)CCC(C)C. The zero-order valence-corrected chi connectivity index (χ0v) is 8.29. The fraction of sp³-hybridized carbons (Fsp3) is 0.889. The minimum atomic E-state index is -0.677. The summed E-state index contributed by atoms with van der Waals surface area (Å²) in [6, 6.07) is 0. The number of Topliss-reactive ketones (excluding diaryl/α,β-unsaturated/α-hetero) is 1. The summed E-state index contributed by atoms with van der Waals surface area (Å²) < 4.78 is 9.64. The Morgan fingerprint density at radius 2 is 1.75 bits per heavy atom. The summed E-state index contributed by atoms with van der Waals surface area (Å²) in [5.74, 6) is 0.567. The Labute approximate surface area is 74.0 Å². The van der Waals surface area contributed by atoms with Crippen molar-refractivity contribution in [2.75, 3.05) is 14.2 Å². The van der Waals surface area contributed by atoms with E-state index in [-0.39, 0.29) is 5.78 Å². The van der Waals surface area contributed by atoms with Crippen molar-refractivity contribution in [2.45, 2.75) is 33.0 Å². The monoisotopic (exact) mass is 174 g/mol.